The molecule has 2 unspecified atom stereocenters. The minimum Gasteiger partial charge on any atom is -0.497 e. The van der Waals surface area contributed by atoms with Gasteiger partial charge in [-0.3, -0.25) is 9.69 Å². The van der Waals surface area contributed by atoms with Crippen molar-refractivity contribution in [2.75, 3.05) is 33.4 Å². The number of amides is 1. The number of nitrogens with one attached hydrogen (secondary N) is 1. The highest BCUT2D eigenvalue weighted by molar-refractivity contribution is 5.78. The molecule has 1 aromatic rings. The molecule has 2 atom stereocenters. The minimum absolute atomic E-state index is 0.0175. The van der Waals surface area contributed by atoms with Crippen molar-refractivity contribution in [2.45, 2.75) is 37.5 Å². The molecule has 2 fully saturated rings. The minimum atomic E-state index is -0.405. The highest BCUT2D eigenvalue weighted by Gasteiger charge is 2.33. The summed E-state index contributed by atoms with van der Waals surface area (Å²) in [5.74, 6) is 0.810. The van der Waals surface area contributed by atoms with E-state index in [1.807, 2.05) is 29.2 Å². The third kappa shape index (κ3) is 4.26. The average Bonchev–Trinajstić information content (AvgIpc) is 2.96. The van der Waals surface area contributed by atoms with Gasteiger partial charge in [0.15, 0.2) is 0 Å². The number of carbonyl (C=O) groups is 1. The quantitative estimate of drug-likeness (QED) is 0.844. The Morgan fingerprint density at radius 3 is 2.96 bits per heavy atom. The van der Waals surface area contributed by atoms with Crippen LogP contribution in [-0.2, 0) is 9.53 Å². The highest BCUT2D eigenvalue weighted by atomic mass is 16.5. The zero-order valence-corrected chi connectivity index (χ0v) is 14.1. The number of benzene rings is 1. The molecule has 2 heterocycles. The standard InChI is InChI=1S/C18H26N2O4/c1-23-16-4-2-3-13(9-16)17-10-15(21)11-20(17)12-18(22)19-14-5-7-24-8-6-14/h2-4,9,14-15,17,21H,5-8,10-12H2,1H3,(H,19,22). The second-order valence-corrected chi connectivity index (χ2v) is 6.57. The lowest BCUT2D eigenvalue weighted by Crippen LogP contribution is -2.44. The van der Waals surface area contributed by atoms with E-state index >= 15 is 0 Å². The van der Waals surface area contributed by atoms with Crippen LogP contribution in [0.4, 0.5) is 0 Å². The number of carbonyl (C=O) groups excluding carboxylic acids is 1. The van der Waals surface area contributed by atoms with Crippen LogP contribution in [0.1, 0.15) is 30.9 Å². The Morgan fingerprint density at radius 2 is 2.21 bits per heavy atom. The number of aliphatic hydroxyl groups is 1. The first-order chi connectivity index (χ1) is 11.7. The van der Waals surface area contributed by atoms with Gasteiger partial charge in [-0.05, 0) is 37.0 Å². The van der Waals surface area contributed by atoms with Crippen molar-refractivity contribution >= 4 is 5.91 Å². The summed E-state index contributed by atoms with van der Waals surface area (Å²) in [5, 5.41) is 13.2. The molecule has 2 aliphatic rings. The van der Waals surface area contributed by atoms with Crippen molar-refractivity contribution in [1.29, 1.82) is 0 Å². The molecule has 6 nitrogen and oxygen atoms in total. The van der Waals surface area contributed by atoms with E-state index in [1.54, 1.807) is 7.11 Å². The maximum absolute atomic E-state index is 12.4. The van der Waals surface area contributed by atoms with Gasteiger partial charge in [-0.15, -0.1) is 0 Å². The van der Waals surface area contributed by atoms with Crippen LogP contribution in [0.5, 0.6) is 5.75 Å². The number of rotatable bonds is 5. The Morgan fingerprint density at radius 1 is 1.42 bits per heavy atom. The fraction of sp³-hybridized carbons (Fsp3) is 0.611. The second kappa shape index (κ2) is 7.96. The highest BCUT2D eigenvalue weighted by Crippen LogP contribution is 2.33. The van der Waals surface area contributed by atoms with E-state index in [-0.39, 0.29) is 18.0 Å². The molecule has 0 radical (unpaired) electrons. The van der Waals surface area contributed by atoms with Crippen LogP contribution in [0.15, 0.2) is 24.3 Å². The Kier molecular flexibility index (Phi) is 5.71. The van der Waals surface area contributed by atoms with Gasteiger partial charge in [0.2, 0.25) is 5.91 Å². The first-order valence-electron chi connectivity index (χ1n) is 8.59. The first kappa shape index (κ1) is 17.2. The Balaban J connectivity index is 1.63. The van der Waals surface area contributed by atoms with Gasteiger partial charge in [-0.25, -0.2) is 0 Å². The lowest BCUT2D eigenvalue weighted by Gasteiger charge is -2.27. The third-order valence-electron chi connectivity index (χ3n) is 4.79. The van der Waals surface area contributed by atoms with Crippen molar-refractivity contribution < 1.29 is 19.4 Å². The molecule has 2 saturated heterocycles. The molecule has 0 aliphatic carbocycles. The zero-order valence-electron chi connectivity index (χ0n) is 14.1. The molecule has 3 rings (SSSR count). The second-order valence-electron chi connectivity index (χ2n) is 6.57. The van der Waals surface area contributed by atoms with E-state index in [9.17, 15) is 9.90 Å². The van der Waals surface area contributed by atoms with E-state index in [0.29, 0.717) is 32.7 Å². The molecule has 2 N–H and O–H groups in total. The molecular formula is C18H26N2O4. The van der Waals surface area contributed by atoms with Gasteiger partial charge in [0, 0.05) is 31.8 Å². The summed E-state index contributed by atoms with van der Waals surface area (Å²) in [4.78, 5) is 14.4. The lowest BCUT2D eigenvalue weighted by atomic mass is 10.0. The maximum atomic E-state index is 12.4. The van der Waals surface area contributed by atoms with Crippen LogP contribution in [-0.4, -0.2) is 61.5 Å². The topological polar surface area (TPSA) is 71.0 Å². The zero-order chi connectivity index (χ0) is 16.9. The van der Waals surface area contributed by atoms with Gasteiger partial charge >= 0.3 is 0 Å². The van der Waals surface area contributed by atoms with Crippen LogP contribution in [0.3, 0.4) is 0 Å². The molecule has 132 valence electrons. The number of hydrogen-bond acceptors (Lipinski definition) is 5. The van der Waals surface area contributed by atoms with Crippen LogP contribution in [0, 0.1) is 0 Å². The summed E-state index contributed by atoms with van der Waals surface area (Å²) >= 11 is 0. The fourth-order valence-corrected chi connectivity index (χ4v) is 3.55. The molecule has 1 amide bonds. The molecule has 1 aromatic carbocycles. The van der Waals surface area contributed by atoms with Gasteiger partial charge < -0.3 is 19.9 Å². The summed E-state index contributed by atoms with van der Waals surface area (Å²) in [7, 11) is 1.64. The van der Waals surface area contributed by atoms with E-state index in [2.05, 4.69) is 5.32 Å². The molecule has 0 aromatic heterocycles. The molecular weight excluding hydrogens is 308 g/mol. The Bertz CT molecular complexity index is 560. The van der Waals surface area contributed by atoms with Crippen LogP contribution in [0.25, 0.3) is 0 Å². The summed E-state index contributed by atoms with van der Waals surface area (Å²) in [6.45, 7) is 2.24. The predicted molar refractivity (Wildman–Crippen MR) is 89.9 cm³/mol. The molecule has 24 heavy (non-hydrogen) atoms. The van der Waals surface area contributed by atoms with E-state index in [4.69, 9.17) is 9.47 Å². The number of β-amino-alcohol motifs (C(OH)–C–C–N with tert-alkyl or cyclic N) is 1. The largest absolute Gasteiger partial charge is 0.497 e. The first-order valence-corrected chi connectivity index (χ1v) is 8.59. The van der Waals surface area contributed by atoms with Gasteiger partial charge in [0.25, 0.3) is 0 Å². The third-order valence-corrected chi connectivity index (χ3v) is 4.79. The summed E-state index contributed by atoms with van der Waals surface area (Å²) < 4.78 is 10.6. The summed E-state index contributed by atoms with van der Waals surface area (Å²) in [6, 6.07) is 8.08. The maximum Gasteiger partial charge on any atom is 0.234 e. The Hall–Kier alpha value is -1.63. The number of methoxy groups -OCH3 is 1. The van der Waals surface area contributed by atoms with Crippen molar-refractivity contribution in [1.82, 2.24) is 10.2 Å². The summed E-state index contributed by atoms with van der Waals surface area (Å²) in [6.07, 6.45) is 1.97. The monoisotopic (exact) mass is 334 g/mol. The predicted octanol–water partition coefficient (Wildman–Crippen LogP) is 1.10. The van der Waals surface area contributed by atoms with Crippen molar-refractivity contribution in [3.8, 4) is 5.75 Å². The Labute approximate surface area is 142 Å². The van der Waals surface area contributed by atoms with Gasteiger partial charge in [0.05, 0.1) is 19.8 Å². The van der Waals surface area contributed by atoms with Crippen molar-refractivity contribution in [3.05, 3.63) is 29.8 Å². The molecule has 0 bridgehead atoms. The lowest BCUT2D eigenvalue weighted by molar-refractivity contribution is -0.123. The number of nitrogens with zero attached hydrogens (tertiary/aromatic N) is 1. The smallest absolute Gasteiger partial charge is 0.234 e. The van der Waals surface area contributed by atoms with Crippen LogP contribution in [0.2, 0.25) is 0 Å². The SMILES string of the molecule is COc1cccc(C2CC(O)CN2CC(=O)NC2CCOCC2)c1. The van der Waals surface area contributed by atoms with Gasteiger partial charge in [-0.2, -0.15) is 0 Å². The van der Waals surface area contributed by atoms with E-state index in [0.717, 1.165) is 24.2 Å². The average molecular weight is 334 g/mol. The molecule has 0 saturated carbocycles. The number of aliphatic hydroxyl groups excluding tert-OH is 1. The fourth-order valence-electron chi connectivity index (χ4n) is 3.55. The van der Waals surface area contributed by atoms with Crippen LogP contribution < -0.4 is 10.1 Å². The number of likely N-dealkylation sites (tertiary alicyclic amines) is 1. The van der Waals surface area contributed by atoms with Crippen LogP contribution >= 0.6 is 0 Å². The van der Waals surface area contributed by atoms with Gasteiger partial charge in [0.1, 0.15) is 5.75 Å². The number of hydrogen-bond donors (Lipinski definition) is 2. The van der Waals surface area contributed by atoms with E-state index in [1.165, 1.54) is 0 Å². The number of ether oxygens (including phenoxy) is 2. The molecule has 2 aliphatic heterocycles. The van der Waals surface area contributed by atoms with Gasteiger partial charge in [-0.1, -0.05) is 12.1 Å². The molecule has 6 heteroatoms. The normalized spacial score (nSPS) is 25.6. The molecule has 0 spiro atoms. The van der Waals surface area contributed by atoms with E-state index < -0.39 is 6.10 Å². The summed E-state index contributed by atoms with van der Waals surface area (Å²) in [5.41, 5.74) is 1.07. The van der Waals surface area contributed by atoms with Crippen molar-refractivity contribution in [2.24, 2.45) is 0 Å². The van der Waals surface area contributed by atoms with Crippen molar-refractivity contribution in [3.63, 3.8) is 0 Å².